The van der Waals surface area contributed by atoms with Crippen molar-refractivity contribution in [2.75, 3.05) is 23.9 Å². The fourth-order valence-electron chi connectivity index (χ4n) is 5.33. The Bertz CT molecular complexity index is 1210. The van der Waals surface area contributed by atoms with Crippen LogP contribution in [0.4, 0.5) is 20.2 Å². The van der Waals surface area contributed by atoms with Crippen molar-refractivity contribution in [2.24, 2.45) is 4.99 Å². The molecule has 1 saturated carbocycles. The Morgan fingerprint density at radius 3 is 2.54 bits per heavy atom. The first-order chi connectivity index (χ1) is 18.8. The van der Waals surface area contributed by atoms with Crippen LogP contribution in [0.25, 0.3) is 0 Å². The summed E-state index contributed by atoms with van der Waals surface area (Å²) in [5, 5.41) is 3.49. The molecule has 1 heterocycles. The van der Waals surface area contributed by atoms with Crippen LogP contribution in [0.5, 0.6) is 0 Å². The van der Waals surface area contributed by atoms with Crippen LogP contribution in [0.2, 0.25) is 0 Å². The molecule has 2 aromatic carbocycles. The first-order valence-electron chi connectivity index (χ1n) is 13.7. The van der Waals surface area contributed by atoms with E-state index in [1.54, 1.807) is 14.0 Å². The van der Waals surface area contributed by atoms with Crippen LogP contribution in [0.1, 0.15) is 63.0 Å². The Labute approximate surface area is 228 Å². The average molecular weight is 542 g/mol. The topological polar surface area (TPSA) is 80.2 Å². The minimum atomic E-state index is -1.00. The van der Waals surface area contributed by atoms with E-state index >= 15 is 0 Å². The smallest absolute Gasteiger partial charge is 0.310 e. The summed E-state index contributed by atoms with van der Waals surface area (Å²) in [4.78, 5) is 32.0. The van der Waals surface area contributed by atoms with E-state index in [2.05, 4.69) is 5.32 Å². The molecule has 39 heavy (non-hydrogen) atoms. The molecule has 1 aliphatic carbocycles. The van der Waals surface area contributed by atoms with E-state index in [0.717, 1.165) is 54.6 Å². The number of methoxy groups -OCH3 is 1. The number of halogens is 2. The lowest BCUT2D eigenvalue weighted by atomic mass is 9.92. The number of hydrogen-bond donors (Lipinski definition) is 1. The van der Waals surface area contributed by atoms with Gasteiger partial charge < -0.3 is 19.7 Å². The number of piperidine rings is 1. The number of hydrogen-bond acceptors (Lipinski definition) is 5. The summed E-state index contributed by atoms with van der Waals surface area (Å²) in [6.45, 7) is 4.04. The van der Waals surface area contributed by atoms with E-state index in [1.165, 1.54) is 11.0 Å². The number of benzene rings is 2. The predicted octanol–water partition coefficient (Wildman–Crippen LogP) is 5.73. The third-order valence-corrected chi connectivity index (χ3v) is 7.46. The number of rotatable bonds is 8. The molecule has 0 spiro atoms. The quantitative estimate of drug-likeness (QED) is 0.262. The number of ether oxygens (including phenoxy) is 2. The number of carbonyl (C=O) groups excluding carboxylic acids is 2. The first-order valence-corrected chi connectivity index (χ1v) is 13.7. The first kappa shape index (κ1) is 28.7. The Morgan fingerprint density at radius 1 is 1.08 bits per heavy atom. The Balaban J connectivity index is 1.70. The number of amides is 1. The molecule has 1 aliphatic heterocycles. The number of nitrogens with one attached hydrogen (secondary N) is 1. The lowest BCUT2D eigenvalue weighted by molar-refractivity contribution is -0.142. The molecule has 1 amide bonds. The molecule has 0 aromatic heterocycles. The molecular formula is C30H37F2N3O4. The second-order valence-electron chi connectivity index (χ2n) is 10.2. The second kappa shape index (κ2) is 13.2. The summed E-state index contributed by atoms with van der Waals surface area (Å²) in [5.74, 6) is -1.83. The lowest BCUT2D eigenvalue weighted by Gasteiger charge is -2.37. The van der Waals surface area contributed by atoms with Crippen LogP contribution in [0.3, 0.4) is 0 Å². The van der Waals surface area contributed by atoms with Gasteiger partial charge in [-0.3, -0.25) is 14.6 Å². The molecule has 0 radical (unpaired) electrons. The molecule has 1 N–H and O–H groups in total. The average Bonchev–Trinajstić information content (AvgIpc) is 2.92. The molecule has 2 aliphatic rings. The van der Waals surface area contributed by atoms with Crippen molar-refractivity contribution in [1.82, 2.24) is 0 Å². The highest BCUT2D eigenvalue weighted by Gasteiger charge is 2.34. The zero-order valence-corrected chi connectivity index (χ0v) is 22.8. The summed E-state index contributed by atoms with van der Waals surface area (Å²) in [6.07, 6.45) is 5.41. The number of anilines is 2. The third-order valence-electron chi connectivity index (χ3n) is 7.46. The number of aryl methyl sites for hydroxylation is 1. The molecule has 0 bridgehead atoms. The van der Waals surface area contributed by atoms with Gasteiger partial charge in [0, 0.05) is 31.0 Å². The van der Waals surface area contributed by atoms with Crippen LogP contribution >= 0.6 is 0 Å². The van der Waals surface area contributed by atoms with Crippen LogP contribution in [-0.2, 0) is 25.5 Å². The molecule has 1 saturated heterocycles. The van der Waals surface area contributed by atoms with Crippen molar-refractivity contribution in [3.63, 3.8) is 0 Å². The summed E-state index contributed by atoms with van der Waals surface area (Å²) in [7, 11) is 1.72. The summed E-state index contributed by atoms with van der Waals surface area (Å²) >= 11 is 0. The minimum Gasteiger partial charge on any atom is -0.466 e. The van der Waals surface area contributed by atoms with Gasteiger partial charge >= 0.3 is 5.97 Å². The maximum atomic E-state index is 14.2. The predicted molar refractivity (Wildman–Crippen MR) is 147 cm³/mol. The zero-order chi connectivity index (χ0) is 27.9. The zero-order valence-electron chi connectivity index (χ0n) is 22.8. The van der Waals surface area contributed by atoms with Gasteiger partial charge in [-0.1, -0.05) is 12.1 Å². The molecule has 210 valence electrons. The SMILES string of the molecule is CCOC(=O)Cc1ccc(C)c(NC(=NC2CCC(OC)CC2)[C@@H]2CCCC(=O)N2c2ccc(F)c(F)c2)c1. The highest BCUT2D eigenvalue weighted by molar-refractivity contribution is 6.08. The molecule has 2 fully saturated rings. The van der Waals surface area contributed by atoms with Gasteiger partial charge in [-0.05, 0) is 81.7 Å². The number of nitrogens with zero attached hydrogens (tertiary/aromatic N) is 2. The third kappa shape index (κ3) is 7.20. The molecule has 7 nitrogen and oxygen atoms in total. The van der Waals surface area contributed by atoms with Crippen molar-refractivity contribution in [3.8, 4) is 0 Å². The molecule has 4 rings (SSSR count). The molecule has 1 atom stereocenters. The van der Waals surface area contributed by atoms with Crippen LogP contribution in [-0.4, -0.2) is 49.6 Å². The number of amidine groups is 1. The van der Waals surface area contributed by atoms with E-state index in [0.29, 0.717) is 37.4 Å². The van der Waals surface area contributed by atoms with Crippen LogP contribution < -0.4 is 10.2 Å². The van der Waals surface area contributed by atoms with Gasteiger partial charge in [-0.2, -0.15) is 0 Å². The number of aliphatic imine (C=N–C) groups is 1. The van der Waals surface area contributed by atoms with Gasteiger partial charge in [0.25, 0.3) is 0 Å². The van der Waals surface area contributed by atoms with Crippen molar-refractivity contribution in [2.45, 2.75) is 83.4 Å². The normalized spacial score (nSPS) is 22.1. The summed E-state index contributed by atoms with van der Waals surface area (Å²) in [6, 6.07) is 8.81. The molecule has 0 unspecified atom stereocenters. The Kier molecular flexibility index (Phi) is 9.67. The minimum absolute atomic E-state index is 0.0331. The largest absolute Gasteiger partial charge is 0.466 e. The van der Waals surface area contributed by atoms with Crippen molar-refractivity contribution in [1.29, 1.82) is 0 Å². The maximum absolute atomic E-state index is 14.2. The highest BCUT2D eigenvalue weighted by atomic mass is 19.2. The summed E-state index contributed by atoms with van der Waals surface area (Å²) < 4.78 is 38.6. The van der Waals surface area contributed by atoms with E-state index in [-0.39, 0.29) is 30.4 Å². The fourth-order valence-corrected chi connectivity index (χ4v) is 5.33. The van der Waals surface area contributed by atoms with E-state index in [4.69, 9.17) is 14.5 Å². The molecule has 9 heteroatoms. The van der Waals surface area contributed by atoms with Crippen molar-refractivity contribution in [3.05, 3.63) is 59.2 Å². The van der Waals surface area contributed by atoms with E-state index in [9.17, 15) is 18.4 Å². The number of carbonyl (C=O) groups is 2. The fraction of sp³-hybridized carbons (Fsp3) is 0.500. The molecular weight excluding hydrogens is 504 g/mol. The Morgan fingerprint density at radius 2 is 1.85 bits per heavy atom. The highest BCUT2D eigenvalue weighted by Crippen LogP contribution is 2.31. The lowest BCUT2D eigenvalue weighted by Crippen LogP contribution is -2.51. The number of esters is 1. The van der Waals surface area contributed by atoms with Gasteiger partial charge in [0.05, 0.1) is 31.2 Å². The molecule has 2 aromatic rings. The van der Waals surface area contributed by atoms with E-state index < -0.39 is 17.7 Å². The maximum Gasteiger partial charge on any atom is 0.310 e. The Hall–Kier alpha value is -3.33. The van der Waals surface area contributed by atoms with Gasteiger partial charge in [0.2, 0.25) is 5.91 Å². The van der Waals surface area contributed by atoms with Crippen LogP contribution in [0, 0.1) is 18.6 Å². The standard InChI is InChI=1S/C30H37F2N3O4/c1-4-39-29(37)17-20-9-8-19(2)26(16-20)34-30(33-21-10-13-23(38-3)14-11-21)27-6-5-7-28(36)35(27)22-12-15-24(31)25(32)18-22/h8-9,12,15-16,18,21,23,27H,4-7,10-11,13-14,17H2,1-3H3,(H,33,34)/t21?,23?,27-/m0/s1. The van der Waals surface area contributed by atoms with Gasteiger partial charge in [-0.25, -0.2) is 8.78 Å². The van der Waals surface area contributed by atoms with Gasteiger partial charge in [0.15, 0.2) is 11.6 Å². The summed E-state index contributed by atoms with van der Waals surface area (Å²) in [5.41, 5.74) is 2.80. The monoisotopic (exact) mass is 541 g/mol. The van der Waals surface area contributed by atoms with Gasteiger partial charge in [-0.15, -0.1) is 0 Å². The van der Waals surface area contributed by atoms with E-state index in [1.807, 2.05) is 25.1 Å². The van der Waals surface area contributed by atoms with Gasteiger partial charge in [0.1, 0.15) is 5.84 Å². The van der Waals surface area contributed by atoms with Crippen LogP contribution in [0.15, 0.2) is 41.4 Å². The van der Waals surface area contributed by atoms with Crippen molar-refractivity contribution >= 4 is 29.1 Å². The second-order valence-corrected chi connectivity index (χ2v) is 10.2. The van der Waals surface area contributed by atoms with Crippen molar-refractivity contribution < 1.29 is 27.8 Å².